The average Bonchev–Trinajstić information content (AvgIpc) is 2.37. The summed E-state index contributed by atoms with van der Waals surface area (Å²) in [6.07, 6.45) is 3.95. The van der Waals surface area contributed by atoms with Gasteiger partial charge in [0.15, 0.2) is 0 Å². The van der Waals surface area contributed by atoms with Crippen LogP contribution in [0.1, 0.15) is 24.0 Å². The molecule has 1 aromatic heterocycles. The monoisotopic (exact) mass is 231 g/mol. The summed E-state index contributed by atoms with van der Waals surface area (Å²) >= 11 is 0. The highest BCUT2D eigenvalue weighted by Gasteiger charge is 2.15. The van der Waals surface area contributed by atoms with Crippen LogP contribution in [0.25, 0.3) is 0 Å². The predicted molar refractivity (Wildman–Crippen MR) is 64.8 cm³/mol. The number of hydrogen-bond acceptors (Lipinski definition) is 4. The van der Waals surface area contributed by atoms with Crippen LogP contribution < -0.4 is 10.1 Å². The van der Waals surface area contributed by atoms with Crippen LogP contribution in [-0.2, 0) is 0 Å². The van der Waals surface area contributed by atoms with E-state index in [0.717, 1.165) is 31.5 Å². The zero-order valence-electron chi connectivity index (χ0n) is 10.1. The van der Waals surface area contributed by atoms with E-state index in [2.05, 4.69) is 16.4 Å². The highest BCUT2D eigenvalue weighted by atomic mass is 16.5. The van der Waals surface area contributed by atoms with Gasteiger partial charge in [-0.2, -0.15) is 5.26 Å². The van der Waals surface area contributed by atoms with Crippen LogP contribution in [0, 0.1) is 24.2 Å². The molecular weight excluding hydrogens is 214 g/mol. The number of nitrogens with one attached hydrogen (secondary N) is 1. The van der Waals surface area contributed by atoms with E-state index in [1.165, 1.54) is 0 Å². The lowest BCUT2D eigenvalue weighted by atomic mass is 9.99. The van der Waals surface area contributed by atoms with Gasteiger partial charge in [-0.3, -0.25) is 0 Å². The molecule has 1 N–H and O–H groups in total. The number of ether oxygens (including phenoxy) is 1. The van der Waals surface area contributed by atoms with Gasteiger partial charge in [0.1, 0.15) is 11.6 Å². The molecule has 4 nitrogen and oxygen atoms in total. The Morgan fingerprint density at radius 3 is 3.00 bits per heavy atom. The van der Waals surface area contributed by atoms with E-state index >= 15 is 0 Å². The quantitative estimate of drug-likeness (QED) is 0.859. The fourth-order valence-electron chi connectivity index (χ4n) is 2.02. The second-order valence-corrected chi connectivity index (χ2v) is 4.42. The maximum atomic E-state index is 9.06. The van der Waals surface area contributed by atoms with Gasteiger partial charge in [0.2, 0.25) is 5.88 Å². The fraction of sp³-hybridized carbons (Fsp3) is 0.538. The standard InChI is InChI=1S/C13H17N3O/c1-10-2-7-16-13(12(10)8-14)17-9-11-3-5-15-6-4-11/h2,7,11,15H,3-6,9H2,1H3. The van der Waals surface area contributed by atoms with Crippen molar-refractivity contribution >= 4 is 0 Å². The second kappa shape index (κ2) is 5.65. The minimum absolute atomic E-state index is 0.478. The van der Waals surface area contributed by atoms with Crippen molar-refractivity contribution in [3.63, 3.8) is 0 Å². The van der Waals surface area contributed by atoms with E-state index in [1.807, 2.05) is 13.0 Å². The van der Waals surface area contributed by atoms with Gasteiger partial charge in [-0.15, -0.1) is 0 Å². The molecular formula is C13H17N3O. The minimum atomic E-state index is 0.478. The Balaban J connectivity index is 1.99. The van der Waals surface area contributed by atoms with Gasteiger partial charge in [-0.25, -0.2) is 4.98 Å². The van der Waals surface area contributed by atoms with Crippen LogP contribution in [0.5, 0.6) is 5.88 Å². The number of rotatable bonds is 3. The Kier molecular flexibility index (Phi) is 3.94. The summed E-state index contributed by atoms with van der Waals surface area (Å²) in [4.78, 5) is 4.13. The van der Waals surface area contributed by atoms with Crippen molar-refractivity contribution in [3.8, 4) is 11.9 Å². The Morgan fingerprint density at radius 1 is 1.53 bits per heavy atom. The number of hydrogen-bond donors (Lipinski definition) is 1. The van der Waals surface area contributed by atoms with Gasteiger partial charge in [0.05, 0.1) is 6.61 Å². The molecule has 4 heteroatoms. The summed E-state index contributed by atoms with van der Waals surface area (Å²) in [7, 11) is 0. The van der Waals surface area contributed by atoms with Crippen molar-refractivity contribution in [2.24, 2.45) is 5.92 Å². The first-order valence-electron chi connectivity index (χ1n) is 6.00. The molecule has 0 radical (unpaired) electrons. The molecule has 0 saturated carbocycles. The van der Waals surface area contributed by atoms with Crippen LogP contribution in [-0.4, -0.2) is 24.7 Å². The van der Waals surface area contributed by atoms with Crippen LogP contribution in [0.3, 0.4) is 0 Å². The highest BCUT2D eigenvalue weighted by molar-refractivity contribution is 5.43. The third-order valence-corrected chi connectivity index (χ3v) is 3.15. The fourth-order valence-corrected chi connectivity index (χ4v) is 2.02. The van der Waals surface area contributed by atoms with Gasteiger partial charge in [-0.1, -0.05) is 0 Å². The molecule has 0 aromatic carbocycles. The first-order valence-corrected chi connectivity index (χ1v) is 6.00. The smallest absolute Gasteiger partial charge is 0.231 e. The summed E-state index contributed by atoms with van der Waals surface area (Å²) in [5, 5.41) is 12.4. The van der Waals surface area contributed by atoms with Crippen LogP contribution in [0.2, 0.25) is 0 Å². The van der Waals surface area contributed by atoms with Crippen molar-refractivity contribution in [1.29, 1.82) is 5.26 Å². The summed E-state index contributed by atoms with van der Waals surface area (Å²) in [5.74, 6) is 1.05. The topological polar surface area (TPSA) is 57.9 Å². The second-order valence-electron chi connectivity index (χ2n) is 4.42. The lowest BCUT2D eigenvalue weighted by Crippen LogP contribution is -2.30. The van der Waals surface area contributed by atoms with Crippen molar-refractivity contribution < 1.29 is 4.74 Å². The molecule has 0 atom stereocenters. The number of nitrogens with zero attached hydrogens (tertiary/aromatic N) is 2. The normalized spacial score (nSPS) is 16.5. The molecule has 17 heavy (non-hydrogen) atoms. The van der Waals surface area contributed by atoms with Crippen LogP contribution in [0.15, 0.2) is 12.3 Å². The van der Waals surface area contributed by atoms with Crippen molar-refractivity contribution in [2.45, 2.75) is 19.8 Å². The number of nitriles is 1. The number of aromatic nitrogens is 1. The molecule has 2 rings (SSSR count). The van der Waals surface area contributed by atoms with E-state index < -0.39 is 0 Å². The summed E-state index contributed by atoms with van der Waals surface area (Å²) < 4.78 is 5.69. The number of aryl methyl sites for hydroxylation is 1. The van der Waals surface area contributed by atoms with Crippen molar-refractivity contribution in [2.75, 3.05) is 19.7 Å². The lowest BCUT2D eigenvalue weighted by Gasteiger charge is -2.22. The van der Waals surface area contributed by atoms with Gasteiger partial charge in [-0.05, 0) is 50.4 Å². The molecule has 0 bridgehead atoms. The summed E-state index contributed by atoms with van der Waals surface area (Å²) in [5.41, 5.74) is 1.48. The first-order chi connectivity index (χ1) is 8.31. The van der Waals surface area contributed by atoms with E-state index in [0.29, 0.717) is 24.0 Å². The van der Waals surface area contributed by atoms with Gasteiger partial charge >= 0.3 is 0 Å². The maximum Gasteiger partial charge on any atom is 0.231 e. The van der Waals surface area contributed by atoms with E-state index in [1.54, 1.807) is 6.20 Å². The molecule has 1 fully saturated rings. The third-order valence-electron chi connectivity index (χ3n) is 3.15. The van der Waals surface area contributed by atoms with Crippen molar-refractivity contribution in [1.82, 2.24) is 10.3 Å². The molecule has 90 valence electrons. The molecule has 2 heterocycles. The molecule has 0 amide bonds. The predicted octanol–water partition coefficient (Wildman–Crippen LogP) is 1.64. The third kappa shape index (κ3) is 2.95. The Bertz CT molecular complexity index is 419. The van der Waals surface area contributed by atoms with Crippen LogP contribution >= 0.6 is 0 Å². The lowest BCUT2D eigenvalue weighted by molar-refractivity contribution is 0.208. The highest BCUT2D eigenvalue weighted by Crippen LogP contribution is 2.20. The van der Waals surface area contributed by atoms with Gasteiger partial charge in [0, 0.05) is 6.20 Å². The molecule has 1 saturated heterocycles. The van der Waals surface area contributed by atoms with Gasteiger partial charge in [0.25, 0.3) is 0 Å². The largest absolute Gasteiger partial charge is 0.476 e. The SMILES string of the molecule is Cc1ccnc(OCC2CCNCC2)c1C#N. The molecule has 1 aliphatic rings. The minimum Gasteiger partial charge on any atom is -0.476 e. The number of piperidine rings is 1. The Labute approximate surface area is 102 Å². The maximum absolute atomic E-state index is 9.06. The molecule has 1 aromatic rings. The van der Waals surface area contributed by atoms with Gasteiger partial charge < -0.3 is 10.1 Å². The Hall–Kier alpha value is -1.60. The van der Waals surface area contributed by atoms with Crippen LogP contribution in [0.4, 0.5) is 0 Å². The molecule has 1 aliphatic heterocycles. The van der Waals surface area contributed by atoms with E-state index in [9.17, 15) is 0 Å². The summed E-state index contributed by atoms with van der Waals surface area (Å²) in [6, 6.07) is 3.98. The Morgan fingerprint density at radius 2 is 2.29 bits per heavy atom. The average molecular weight is 231 g/mol. The molecule has 0 spiro atoms. The zero-order chi connectivity index (χ0) is 12.1. The van der Waals surface area contributed by atoms with E-state index in [4.69, 9.17) is 10.00 Å². The first kappa shape index (κ1) is 11.9. The summed E-state index contributed by atoms with van der Waals surface area (Å²) in [6.45, 7) is 4.67. The molecule has 0 aliphatic carbocycles. The molecule has 0 unspecified atom stereocenters. The zero-order valence-corrected chi connectivity index (χ0v) is 10.1. The number of pyridine rings is 1. The van der Waals surface area contributed by atoms with E-state index in [-0.39, 0.29) is 0 Å². The van der Waals surface area contributed by atoms with Crippen molar-refractivity contribution in [3.05, 3.63) is 23.4 Å².